The Morgan fingerprint density at radius 1 is 0.506 bits per heavy atom. The molecule has 79 heavy (non-hydrogen) atoms. The summed E-state index contributed by atoms with van der Waals surface area (Å²) in [7, 11) is 0. The maximum Gasteiger partial charge on any atom is 0.315 e. The molecule has 1 aliphatic rings. The van der Waals surface area contributed by atoms with Crippen molar-refractivity contribution in [3.05, 3.63) is 180 Å². The maximum absolute atomic E-state index is 12.0. The smallest absolute Gasteiger partial charge is 0.315 e. The molecule has 24 nitrogen and oxygen atoms in total. The van der Waals surface area contributed by atoms with Crippen molar-refractivity contribution >= 4 is 52.9 Å². The summed E-state index contributed by atoms with van der Waals surface area (Å²) in [6.07, 6.45) is 7.29. The number of aliphatic hydroxyl groups excluding tert-OH is 1. The quantitative estimate of drug-likeness (QED) is 0.0550. The number of hydrogen-bond acceptors (Lipinski definition) is 14. The number of likely N-dealkylation sites (tertiary alicyclic amines) is 1. The van der Waals surface area contributed by atoms with Crippen LogP contribution in [0.15, 0.2) is 152 Å². The van der Waals surface area contributed by atoms with Gasteiger partial charge in [0.25, 0.3) is 0 Å². The molecule has 0 spiro atoms. The molecule has 1 aliphatic heterocycles. The van der Waals surface area contributed by atoms with Crippen molar-refractivity contribution in [1.82, 2.24) is 72.2 Å². The summed E-state index contributed by atoms with van der Waals surface area (Å²) in [4.78, 5) is 85.1. The number of nitrogens with one attached hydrogen (secondary N) is 8. The molecule has 1 saturated heterocycles. The van der Waals surface area contributed by atoms with Gasteiger partial charge in [0.2, 0.25) is 17.7 Å². The molecule has 8 rings (SSSR count). The summed E-state index contributed by atoms with van der Waals surface area (Å²) < 4.78 is 1.64. The molecule has 9 amide bonds. The van der Waals surface area contributed by atoms with Gasteiger partial charge in [0.05, 0.1) is 31.4 Å². The normalized spacial score (nSPS) is 11.7. The van der Waals surface area contributed by atoms with E-state index in [1.54, 1.807) is 70.8 Å². The molecule has 0 bridgehead atoms. The highest BCUT2D eigenvalue weighted by atomic mass is 16.3. The fraction of sp³-hybridized carbons (Fsp3) is 0.236. The van der Waals surface area contributed by atoms with Gasteiger partial charge >= 0.3 is 18.1 Å². The molecule has 1 fully saturated rings. The van der Waals surface area contributed by atoms with Crippen LogP contribution in [0.3, 0.4) is 0 Å². The van der Waals surface area contributed by atoms with E-state index in [2.05, 4.69) is 62.6 Å². The number of aromatic nitrogens is 5. The van der Waals surface area contributed by atoms with Crippen LogP contribution in [0.5, 0.6) is 0 Å². The first-order valence-corrected chi connectivity index (χ1v) is 25.1. The number of nitrogens with two attached hydrogens (primary N) is 3. The summed E-state index contributed by atoms with van der Waals surface area (Å²) in [5.74, 6) is -0.0718. The van der Waals surface area contributed by atoms with E-state index in [0.717, 1.165) is 39.1 Å². The molecule has 3 heterocycles. The zero-order valence-electron chi connectivity index (χ0n) is 43.3. The van der Waals surface area contributed by atoms with Gasteiger partial charge in [0.1, 0.15) is 12.7 Å². The first kappa shape index (κ1) is 58.2. The van der Waals surface area contributed by atoms with Crippen LogP contribution in [-0.4, -0.2) is 109 Å². The lowest BCUT2D eigenvalue weighted by Gasteiger charge is -2.29. The summed E-state index contributed by atoms with van der Waals surface area (Å²) in [5.41, 5.74) is 25.1. The third kappa shape index (κ3) is 21.6. The van der Waals surface area contributed by atoms with E-state index in [-0.39, 0.29) is 49.5 Å². The highest BCUT2D eigenvalue weighted by molar-refractivity contribution is 5.85. The lowest BCUT2D eigenvalue weighted by molar-refractivity contribution is -0.132. The van der Waals surface area contributed by atoms with Gasteiger partial charge in [-0.3, -0.25) is 14.4 Å². The third-order valence-corrected chi connectivity index (χ3v) is 11.7. The number of amides is 9. The van der Waals surface area contributed by atoms with Crippen LogP contribution in [0.1, 0.15) is 40.7 Å². The monoisotopic (exact) mass is 1080 g/mol. The van der Waals surface area contributed by atoms with Crippen LogP contribution in [0, 0.1) is 0 Å². The SMILES string of the molecule is Nc1ccc(CNC(=O)NCC(=O)N2CCC(O)CC2)cc1.Nc1ccc(CNC(=O)NCC(=O)NCc2cccc(-c3ncccn3)c2)cc1.Nc1ccc(CNC(=O)NCC(=O)NCc2cccc(-n3cncn3)c2)cc1. The lowest BCUT2D eigenvalue weighted by atomic mass is 10.1. The molecule has 2 aromatic heterocycles. The standard InChI is InChI=1S/C21H22N6O2.C19H21N7O2.C15H22N4O3/c22-18-7-5-15(6-8-18)12-26-21(29)27-14-19(28)25-13-16-3-1-4-17(11-16)20-23-9-2-10-24-20;20-16-6-4-14(5-7-16)9-23-19(28)24-11-18(27)22-10-15-2-1-3-17(8-15)26-13-21-12-25-26;16-12-3-1-11(2-4-12)9-17-15(22)18-10-14(21)19-7-5-13(20)6-8-19/h1-11H,12-14,22H2,(H,25,28)(H2,26,27,29);1-8,12-13H,9-11,20H2,(H,22,27)(H2,23,24,28);1-4,13,20H,5-10,16H2,(H2,17,18,22). The Bertz CT molecular complexity index is 3030. The number of anilines is 3. The van der Waals surface area contributed by atoms with E-state index in [1.807, 2.05) is 84.9 Å². The number of urea groups is 3. The lowest BCUT2D eigenvalue weighted by Crippen LogP contribution is -2.46. The van der Waals surface area contributed by atoms with E-state index in [4.69, 9.17) is 17.2 Å². The minimum atomic E-state index is -0.417. The Morgan fingerprint density at radius 2 is 0.949 bits per heavy atom. The van der Waals surface area contributed by atoms with Crippen molar-refractivity contribution in [2.24, 2.45) is 0 Å². The number of carbonyl (C=O) groups excluding carboxylic acids is 6. The van der Waals surface area contributed by atoms with Crippen LogP contribution in [0.2, 0.25) is 0 Å². The van der Waals surface area contributed by atoms with E-state index in [1.165, 1.54) is 6.33 Å². The second-order valence-electron chi connectivity index (χ2n) is 17.8. The summed E-state index contributed by atoms with van der Waals surface area (Å²) in [6, 6.07) is 37.3. The van der Waals surface area contributed by atoms with Gasteiger partial charge in [-0.15, -0.1) is 0 Å². The number of carbonyl (C=O) groups is 6. The minimum absolute atomic E-state index is 0.0380. The first-order valence-electron chi connectivity index (χ1n) is 25.1. The number of nitrogens with zero attached hydrogens (tertiary/aromatic N) is 6. The van der Waals surface area contributed by atoms with Crippen LogP contribution >= 0.6 is 0 Å². The molecule has 0 radical (unpaired) electrons. The highest BCUT2D eigenvalue weighted by Crippen LogP contribution is 2.16. The number of rotatable bonds is 18. The maximum atomic E-state index is 12.0. The van der Waals surface area contributed by atoms with Gasteiger partial charge in [-0.05, 0) is 101 Å². The molecule has 0 aliphatic carbocycles. The average Bonchev–Trinajstić information content (AvgIpc) is 4.03. The van der Waals surface area contributed by atoms with E-state index in [0.29, 0.717) is 81.5 Å². The zero-order valence-corrected chi connectivity index (χ0v) is 43.3. The number of aliphatic hydroxyl groups is 1. The van der Waals surface area contributed by atoms with E-state index >= 15 is 0 Å². The Labute approximate surface area is 456 Å². The van der Waals surface area contributed by atoms with Gasteiger partial charge in [0, 0.05) is 80.8 Å². The van der Waals surface area contributed by atoms with Crippen LogP contribution in [0.25, 0.3) is 17.1 Å². The van der Waals surface area contributed by atoms with Gasteiger partial charge < -0.3 is 69.7 Å². The number of piperidine rings is 1. The van der Waals surface area contributed by atoms with E-state index < -0.39 is 12.1 Å². The molecule has 0 saturated carbocycles. The van der Waals surface area contributed by atoms with Crippen molar-refractivity contribution in [2.75, 3.05) is 49.9 Å². The number of nitrogen functional groups attached to an aromatic ring is 3. The van der Waals surface area contributed by atoms with E-state index in [9.17, 15) is 33.9 Å². The molecule has 24 heteroatoms. The molecule has 0 unspecified atom stereocenters. The first-order chi connectivity index (χ1) is 38.2. The molecule has 7 aromatic rings. The fourth-order valence-electron chi connectivity index (χ4n) is 7.29. The van der Waals surface area contributed by atoms with Crippen molar-refractivity contribution in [3.63, 3.8) is 0 Å². The summed E-state index contributed by atoms with van der Waals surface area (Å²) in [6.45, 7) is 2.56. The van der Waals surface area contributed by atoms with Crippen LogP contribution < -0.4 is 59.7 Å². The van der Waals surface area contributed by atoms with Gasteiger partial charge in [-0.2, -0.15) is 5.10 Å². The summed E-state index contributed by atoms with van der Waals surface area (Å²) in [5, 5.41) is 34.7. The van der Waals surface area contributed by atoms with Crippen LogP contribution in [0.4, 0.5) is 31.4 Å². The Kier molecular flexibility index (Phi) is 22.9. The Morgan fingerprint density at radius 3 is 1.42 bits per heavy atom. The zero-order chi connectivity index (χ0) is 56.2. The molecule has 15 N–H and O–H groups in total. The average molecular weight is 1080 g/mol. The molecule has 0 atom stereocenters. The second-order valence-corrected chi connectivity index (χ2v) is 17.8. The van der Waals surface area contributed by atoms with Gasteiger partial charge in [0.15, 0.2) is 5.82 Å². The third-order valence-electron chi connectivity index (χ3n) is 11.7. The van der Waals surface area contributed by atoms with Crippen molar-refractivity contribution in [3.8, 4) is 17.1 Å². The Hall–Kier alpha value is -10.1. The number of hydrogen-bond donors (Lipinski definition) is 12. The van der Waals surface area contributed by atoms with Crippen LogP contribution in [-0.2, 0) is 47.1 Å². The highest BCUT2D eigenvalue weighted by Gasteiger charge is 2.21. The second kappa shape index (κ2) is 31.1. The molecular formula is C55H65N17O7. The van der Waals surface area contributed by atoms with Crippen molar-refractivity contribution < 1.29 is 33.9 Å². The molecular weight excluding hydrogens is 1010 g/mol. The minimum Gasteiger partial charge on any atom is -0.399 e. The molecule has 5 aromatic carbocycles. The largest absolute Gasteiger partial charge is 0.399 e. The topological polar surface area (TPSA) is 357 Å². The summed E-state index contributed by atoms with van der Waals surface area (Å²) >= 11 is 0. The van der Waals surface area contributed by atoms with Gasteiger partial charge in [-0.25, -0.2) is 34.0 Å². The van der Waals surface area contributed by atoms with Crippen molar-refractivity contribution in [1.29, 1.82) is 0 Å². The molecule has 412 valence electrons. The predicted octanol–water partition coefficient (Wildman–Crippen LogP) is 2.86. The van der Waals surface area contributed by atoms with Gasteiger partial charge in [-0.1, -0.05) is 66.7 Å². The fourth-order valence-corrected chi connectivity index (χ4v) is 7.29. The van der Waals surface area contributed by atoms with Crippen molar-refractivity contribution in [2.45, 2.75) is 51.7 Å². The predicted molar refractivity (Wildman–Crippen MR) is 298 cm³/mol. The Balaban J connectivity index is 0.000000193. The number of benzene rings is 5.